The van der Waals surface area contributed by atoms with Crippen molar-refractivity contribution in [3.63, 3.8) is 0 Å². The van der Waals surface area contributed by atoms with Crippen LogP contribution < -0.4 is 5.56 Å². The molecule has 2 N–H and O–H groups in total. The maximum absolute atomic E-state index is 12.4. The summed E-state index contributed by atoms with van der Waals surface area (Å²) in [5.41, 5.74) is 0.141. The van der Waals surface area contributed by atoms with Gasteiger partial charge in [-0.15, -0.1) is 0 Å². The number of H-pyrrole nitrogens is 1. The molecule has 19 heavy (non-hydrogen) atoms. The van der Waals surface area contributed by atoms with E-state index in [9.17, 15) is 18.0 Å². The molecule has 2 rings (SSSR count). The topological polar surface area (TPSA) is 53.1 Å². The molecule has 6 heteroatoms. The Balaban J connectivity index is 2.46. The molecule has 0 radical (unpaired) electrons. The van der Waals surface area contributed by atoms with Gasteiger partial charge in [-0.2, -0.15) is 13.2 Å². The maximum atomic E-state index is 12.4. The second-order valence-corrected chi connectivity index (χ2v) is 3.95. The SMILES string of the molecule is O=c1ccc(-c2ccc(C(F)(F)F)cc2)c(CO)[nH]1. The largest absolute Gasteiger partial charge is 0.416 e. The van der Waals surface area contributed by atoms with Crippen LogP contribution in [0.5, 0.6) is 0 Å². The molecule has 3 nitrogen and oxygen atoms in total. The minimum absolute atomic E-state index is 0.271. The van der Waals surface area contributed by atoms with E-state index >= 15 is 0 Å². The molecule has 1 aromatic carbocycles. The average molecular weight is 269 g/mol. The molecule has 1 heterocycles. The zero-order chi connectivity index (χ0) is 14.0. The molecule has 0 fully saturated rings. The minimum Gasteiger partial charge on any atom is -0.390 e. The minimum atomic E-state index is -4.39. The Hall–Kier alpha value is -2.08. The van der Waals surface area contributed by atoms with Crippen molar-refractivity contribution >= 4 is 0 Å². The number of aliphatic hydroxyl groups is 1. The number of aromatic amines is 1. The summed E-state index contributed by atoms with van der Waals surface area (Å²) >= 11 is 0. The van der Waals surface area contributed by atoms with E-state index in [1.807, 2.05) is 0 Å². The van der Waals surface area contributed by atoms with Gasteiger partial charge in [-0.05, 0) is 23.8 Å². The van der Waals surface area contributed by atoms with Crippen molar-refractivity contribution in [2.24, 2.45) is 0 Å². The molecule has 1 aromatic heterocycles. The second-order valence-electron chi connectivity index (χ2n) is 3.95. The lowest BCUT2D eigenvalue weighted by molar-refractivity contribution is -0.137. The van der Waals surface area contributed by atoms with Gasteiger partial charge in [0.1, 0.15) is 0 Å². The lowest BCUT2D eigenvalue weighted by Crippen LogP contribution is -2.08. The van der Waals surface area contributed by atoms with Crippen molar-refractivity contribution < 1.29 is 18.3 Å². The van der Waals surface area contributed by atoms with Gasteiger partial charge in [0, 0.05) is 11.6 Å². The Bertz CT molecular complexity index is 630. The first-order valence-electron chi connectivity index (χ1n) is 5.42. The molecular weight excluding hydrogens is 259 g/mol. The van der Waals surface area contributed by atoms with Crippen LogP contribution in [0.4, 0.5) is 13.2 Å². The molecule has 0 saturated carbocycles. The van der Waals surface area contributed by atoms with Crippen molar-refractivity contribution in [1.29, 1.82) is 0 Å². The smallest absolute Gasteiger partial charge is 0.390 e. The van der Waals surface area contributed by atoms with Crippen molar-refractivity contribution in [3.05, 3.63) is 58.0 Å². The number of aliphatic hydroxyl groups excluding tert-OH is 1. The molecule has 2 aromatic rings. The van der Waals surface area contributed by atoms with Gasteiger partial charge in [-0.1, -0.05) is 12.1 Å². The molecule has 100 valence electrons. The number of pyridine rings is 1. The Morgan fingerprint density at radius 3 is 2.21 bits per heavy atom. The van der Waals surface area contributed by atoms with E-state index in [-0.39, 0.29) is 11.3 Å². The van der Waals surface area contributed by atoms with Crippen molar-refractivity contribution in [2.45, 2.75) is 12.8 Å². The van der Waals surface area contributed by atoms with Crippen LogP contribution in [-0.2, 0) is 12.8 Å². The van der Waals surface area contributed by atoms with E-state index in [0.29, 0.717) is 11.1 Å². The van der Waals surface area contributed by atoms with Crippen molar-refractivity contribution in [1.82, 2.24) is 4.98 Å². The highest BCUT2D eigenvalue weighted by Crippen LogP contribution is 2.31. The number of nitrogens with one attached hydrogen (secondary N) is 1. The van der Waals surface area contributed by atoms with Gasteiger partial charge >= 0.3 is 6.18 Å². The summed E-state index contributed by atoms with van der Waals surface area (Å²) in [6, 6.07) is 7.24. The molecule has 0 saturated heterocycles. The average Bonchev–Trinajstić information content (AvgIpc) is 2.37. The summed E-state index contributed by atoms with van der Waals surface area (Å²) in [7, 11) is 0. The van der Waals surface area contributed by atoms with Gasteiger partial charge in [-0.25, -0.2) is 0 Å². The lowest BCUT2D eigenvalue weighted by atomic mass is 10.0. The van der Waals surface area contributed by atoms with Crippen LogP contribution in [-0.4, -0.2) is 10.1 Å². The quantitative estimate of drug-likeness (QED) is 0.880. The highest BCUT2D eigenvalue weighted by molar-refractivity contribution is 5.66. The molecule has 0 unspecified atom stereocenters. The van der Waals surface area contributed by atoms with E-state index in [4.69, 9.17) is 5.11 Å². The number of halogens is 3. The number of benzene rings is 1. The van der Waals surface area contributed by atoms with Crippen LogP contribution >= 0.6 is 0 Å². The van der Waals surface area contributed by atoms with Gasteiger partial charge in [0.15, 0.2) is 0 Å². The standard InChI is InChI=1S/C13H10F3NO2/c14-13(15,16)9-3-1-8(2-4-9)10-5-6-12(19)17-11(10)7-18/h1-6,18H,7H2,(H,17,19). The van der Waals surface area contributed by atoms with E-state index in [0.717, 1.165) is 12.1 Å². The van der Waals surface area contributed by atoms with Gasteiger partial charge < -0.3 is 10.1 Å². The highest BCUT2D eigenvalue weighted by Gasteiger charge is 2.30. The fourth-order valence-electron chi connectivity index (χ4n) is 1.75. The zero-order valence-electron chi connectivity index (χ0n) is 9.66. The van der Waals surface area contributed by atoms with Gasteiger partial charge in [0.25, 0.3) is 0 Å². The molecule has 0 atom stereocenters. The fraction of sp³-hybridized carbons (Fsp3) is 0.154. The molecule has 0 aliphatic heterocycles. The maximum Gasteiger partial charge on any atom is 0.416 e. The van der Waals surface area contributed by atoms with Crippen LogP contribution in [0.1, 0.15) is 11.3 Å². The summed E-state index contributed by atoms with van der Waals surface area (Å²) in [6.45, 7) is -0.396. The monoisotopic (exact) mass is 269 g/mol. The number of alkyl halides is 3. The highest BCUT2D eigenvalue weighted by atomic mass is 19.4. The summed E-state index contributed by atoms with van der Waals surface area (Å²) in [4.78, 5) is 13.5. The molecular formula is C13H10F3NO2. The number of rotatable bonds is 2. The fourth-order valence-corrected chi connectivity index (χ4v) is 1.75. The second kappa shape index (κ2) is 4.89. The lowest BCUT2D eigenvalue weighted by Gasteiger charge is -2.09. The molecule has 0 aliphatic rings. The molecule has 0 amide bonds. The summed E-state index contributed by atoms with van der Waals surface area (Å²) < 4.78 is 37.3. The Morgan fingerprint density at radius 2 is 1.68 bits per heavy atom. The first-order valence-corrected chi connectivity index (χ1v) is 5.42. The Labute approximate surface area is 106 Å². The van der Waals surface area contributed by atoms with Crippen LogP contribution in [0.15, 0.2) is 41.2 Å². The van der Waals surface area contributed by atoms with E-state index in [2.05, 4.69) is 4.98 Å². The van der Waals surface area contributed by atoms with Gasteiger partial charge in [-0.3, -0.25) is 4.79 Å². The van der Waals surface area contributed by atoms with Gasteiger partial charge in [0.2, 0.25) is 5.56 Å². The van der Waals surface area contributed by atoms with Crippen LogP contribution in [0.25, 0.3) is 11.1 Å². The third-order valence-corrected chi connectivity index (χ3v) is 2.68. The van der Waals surface area contributed by atoms with E-state index in [1.54, 1.807) is 0 Å². The first kappa shape index (κ1) is 13.4. The number of hydrogen-bond acceptors (Lipinski definition) is 2. The predicted molar refractivity (Wildman–Crippen MR) is 63.4 cm³/mol. The number of hydrogen-bond donors (Lipinski definition) is 2. The molecule has 0 spiro atoms. The zero-order valence-corrected chi connectivity index (χ0v) is 9.66. The van der Waals surface area contributed by atoms with Crippen molar-refractivity contribution in [2.75, 3.05) is 0 Å². The third kappa shape index (κ3) is 2.85. The third-order valence-electron chi connectivity index (χ3n) is 2.68. The van der Waals surface area contributed by atoms with Crippen molar-refractivity contribution in [3.8, 4) is 11.1 Å². The number of aromatic nitrogens is 1. The van der Waals surface area contributed by atoms with Crippen LogP contribution in [0, 0.1) is 0 Å². The Morgan fingerprint density at radius 1 is 1.05 bits per heavy atom. The molecule has 0 bridgehead atoms. The van der Waals surface area contributed by atoms with Crippen LogP contribution in [0.2, 0.25) is 0 Å². The summed E-state index contributed by atoms with van der Waals surface area (Å²) in [6.07, 6.45) is -4.39. The predicted octanol–water partition coefficient (Wildman–Crippen LogP) is 2.55. The van der Waals surface area contributed by atoms with Crippen LogP contribution in [0.3, 0.4) is 0 Å². The van der Waals surface area contributed by atoms with E-state index < -0.39 is 18.3 Å². The summed E-state index contributed by atoms with van der Waals surface area (Å²) in [5.74, 6) is 0. The Kier molecular flexibility index (Phi) is 3.44. The summed E-state index contributed by atoms with van der Waals surface area (Å²) in [5, 5.41) is 9.14. The van der Waals surface area contributed by atoms with E-state index in [1.165, 1.54) is 24.3 Å². The normalized spacial score (nSPS) is 11.6. The van der Waals surface area contributed by atoms with Gasteiger partial charge in [0.05, 0.1) is 17.9 Å². The first-order chi connectivity index (χ1) is 8.91. The molecule has 0 aliphatic carbocycles.